The number of benzene rings is 3. The maximum atomic E-state index is 5.12. The van der Waals surface area contributed by atoms with Crippen LogP contribution in [0.25, 0.3) is 0 Å². The van der Waals surface area contributed by atoms with Gasteiger partial charge in [-0.25, -0.2) is 0 Å². The van der Waals surface area contributed by atoms with Crippen LogP contribution in [0.15, 0.2) is 96.0 Å². The van der Waals surface area contributed by atoms with Crippen molar-refractivity contribution >= 4 is 5.84 Å². The molecule has 2 nitrogen and oxygen atoms in total. The van der Waals surface area contributed by atoms with E-state index in [1.165, 1.54) is 22.5 Å². The Balaban J connectivity index is 1.47. The van der Waals surface area contributed by atoms with E-state index in [1.54, 1.807) is 0 Å². The molecule has 136 valence electrons. The molecule has 1 aliphatic heterocycles. The second-order valence-electron chi connectivity index (χ2n) is 7.24. The molecule has 1 unspecified atom stereocenters. The van der Waals surface area contributed by atoms with Crippen molar-refractivity contribution in [3.05, 3.63) is 108 Å². The van der Waals surface area contributed by atoms with Crippen LogP contribution in [-0.2, 0) is 19.4 Å². The van der Waals surface area contributed by atoms with E-state index < -0.39 is 0 Å². The molecule has 0 fully saturated rings. The standard InChI is InChI=1S/C25H26N2/c1-4-10-21(11-5-1)16-17-25-26-24(18-22-12-6-2-7-13-22)20-27(25)19-23-14-8-3-9-15-23/h1-15,24H,16-20H2. The van der Waals surface area contributed by atoms with Crippen molar-refractivity contribution < 1.29 is 0 Å². The Kier molecular flexibility index (Phi) is 5.64. The summed E-state index contributed by atoms with van der Waals surface area (Å²) in [5.74, 6) is 1.25. The summed E-state index contributed by atoms with van der Waals surface area (Å²) in [5.41, 5.74) is 4.10. The SMILES string of the molecule is c1ccc(CCC2=NC(Cc3ccccc3)CN2Cc2ccccc2)cc1. The first-order valence-electron chi connectivity index (χ1n) is 9.80. The molecule has 1 atom stereocenters. The van der Waals surface area contributed by atoms with Crippen LogP contribution >= 0.6 is 0 Å². The first kappa shape index (κ1) is 17.5. The number of rotatable bonds is 7. The molecule has 27 heavy (non-hydrogen) atoms. The van der Waals surface area contributed by atoms with Crippen LogP contribution in [-0.4, -0.2) is 23.3 Å². The van der Waals surface area contributed by atoms with Gasteiger partial charge in [0.1, 0.15) is 0 Å². The van der Waals surface area contributed by atoms with E-state index in [2.05, 4.69) is 95.9 Å². The number of amidine groups is 1. The molecule has 3 aromatic rings. The summed E-state index contributed by atoms with van der Waals surface area (Å²) >= 11 is 0. The van der Waals surface area contributed by atoms with Gasteiger partial charge < -0.3 is 4.90 Å². The van der Waals surface area contributed by atoms with E-state index in [9.17, 15) is 0 Å². The number of aliphatic imine (C=N–C) groups is 1. The number of nitrogens with zero attached hydrogens (tertiary/aromatic N) is 2. The third-order valence-electron chi connectivity index (χ3n) is 5.14. The normalized spacial score (nSPS) is 16.4. The fourth-order valence-electron chi connectivity index (χ4n) is 3.77. The topological polar surface area (TPSA) is 15.6 Å². The molecule has 4 rings (SSSR count). The Labute approximate surface area is 162 Å². The zero-order chi connectivity index (χ0) is 18.3. The Morgan fingerprint density at radius 2 is 1.22 bits per heavy atom. The molecule has 0 aliphatic carbocycles. The van der Waals surface area contributed by atoms with Gasteiger partial charge in [-0.2, -0.15) is 0 Å². The lowest BCUT2D eigenvalue weighted by Gasteiger charge is -2.21. The molecule has 1 heterocycles. The molecular formula is C25H26N2. The van der Waals surface area contributed by atoms with Crippen molar-refractivity contribution in [2.45, 2.75) is 31.8 Å². The highest BCUT2D eigenvalue weighted by atomic mass is 15.2. The Hall–Kier alpha value is -2.87. The van der Waals surface area contributed by atoms with Gasteiger partial charge in [0.25, 0.3) is 0 Å². The highest BCUT2D eigenvalue weighted by molar-refractivity contribution is 5.84. The van der Waals surface area contributed by atoms with Gasteiger partial charge in [-0.15, -0.1) is 0 Å². The lowest BCUT2D eigenvalue weighted by Crippen LogP contribution is -2.29. The van der Waals surface area contributed by atoms with Gasteiger partial charge in [-0.1, -0.05) is 91.0 Å². The third-order valence-corrected chi connectivity index (χ3v) is 5.14. The van der Waals surface area contributed by atoms with Crippen LogP contribution in [0.1, 0.15) is 23.1 Å². The van der Waals surface area contributed by atoms with E-state index in [0.717, 1.165) is 32.4 Å². The van der Waals surface area contributed by atoms with Crippen molar-refractivity contribution in [1.29, 1.82) is 0 Å². The van der Waals surface area contributed by atoms with Crippen LogP contribution < -0.4 is 0 Å². The molecule has 0 bridgehead atoms. The summed E-state index contributed by atoms with van der Waals surface area (Å²) in [4.78, 5) is 7.60. The minimum absolute atomic E-state index is 0.349. The van der Waals surface area contributed by atoms with Crippen molar-refractivity contribution in [2.75, 3.05) is 6.54 Å². The predicted molar refractivity (Wildman–Crippen MR) is 113 cm³/mol. The van der Waals surface area contributed by atoms with Gasteiger partial charge in [0.05, 0.1) is 11.9 Å². The largest absolute Gasteiger partial charge is 0.354 e. The predicted octanol–water partition coefficient (Wildman–Crippen LogP) is 5.14. The molecule has 0 saturated carbocycles. The number of hydrogen-bond donors (Lipinski definition) is 0. The molecule has 3 aromatic carbocycles. The fraction of sp³-hybridized carbons (Fsp3) is 0.240. The Morgan fingerprint density at radius 3 is 1.85 bits per heavy atom. The van der Waals surface area contributed by atoms with Gasteiger partial charge in [0.15, 0.2) is 0 Å². The van der Waals surface area contributed by atoms with Crippen molar-refractivity contribution in [3.8, 4) is 0 Å². The Bertz CT molecular complexity index is 857. The van der Waals surface area contributed by atoms with Gasteiger partial charge in [0, 0.05) is 19.5 Å². The minimum Gasteiger partial charge on any atom is -0.354 e. The fourth-order valence-corrected chi connectivity index (χ4v) is 3.77. The monoisotopic (exact) mass is 354 g/mol. The van der Waals surface area contributed by atoms with E-state index in [0.29, 0.717) is 6.04 Å². The lowest BCUT2D eigenvalue weighted by molar-refractivity contribution is 0.410. The van der Waals surface area contributed by atoms with Gasteiger partial charge in [0.2, 0.25) is 0 Å². The van der Waals surface area contributed by atoms with Crippen LogP contribution in [0, 0.1) is 0 Å². The van der Waals surface area contributed by atoms with Crippen LogP contribution in [0.3, 0.4) is 0 Å². The highest BCUT2D eigenvalue weighted by Crippen LogP contribution is 2.20. The van der Waals surface area contributed by atoms with Crippen molar-refractivity contribution in [3.63, 3.8) is 0 Å². The maximum absolute atomic E-state index is 5.12. The molecule has 0 amide bonds. The smallest absolute Gasteiger partial charge is 0.1000 e. The molecule has 0 spiro atoms. The minimum atomic E-state index is 0.349. The van der Waals surface area contributed by atoms with Crippen LogP contribution in [0.4, 0.5) is 0 Å². The van der Waals surface area contributed by atoms with Crippen molar-refractivity contribution in [2.24, 2.45) is 4.99 Å². The zero-order valence-electron chi connectivity index (χ0n) is 15.7. The second kappa shape index (κ2) is 8.68. The average molecular weight is 354 g/mol. The summed E-state index contributed by atoms with van der Waals surface area (Å²) in [7, 11) is 0. The summed E-state index contributed by atoms with van der Waals surface area (Å²) < 4.78 is 0. The molecule has 0 N–H and O–H groups in total. The quantitative estimate of drug-likeness (QED) is 0.573. The molecule has 0 aromatic heterocycles. The van der Waals surface area contributed by atoms with E-state index in [4.69, 9.17) is 4.99 Å². The van der Waals surface area contributed by atoms with E-state index >= 15 is 0 Å². The summed E-state index contributed by atoms with van der Waals surface area (Å²) in [6.07, 6.45) is 3.06. The first-order chi connectivity index (χ1) is 13.4. The second-order valence-corrected chi connectivity index (χ2v) is 7.24. The van der Waals surface area contributed by atoms with E-state index in [1.807, 2.05) is 0 Å². The summed E-state index contributed by atoms with van der Waals surface area (Å²) in [5, 5.41) is 0. The van der Waals surface area contributed by atoms with E-state index in [-0.39, 0.29) is 0 Å². The third kappa shape index (κ3) is 4.85. The maximum Gasteiger partial charge on any atom is 0.1000 e. The lowest BCUT2D eigenvalue weighted by atomic mass is 10.1. The van der Waals surface area contributed by atoms with Crippen LogP contribution in [0.2, 0.25) is 0 Å². The molecule has 1 aliphatic rings. The number of hydrogen-bond acceptors (Lipinski definition) is 2. The zero-order valence-corrected chi connectivity index (χ0v) is 15.7. The van der Waals surface area contributed by atoms with Crippen molar-refractivity contribution in [1.82, 2.24) is 4.90 Å². The summed E-state index contributed by atoms with van der Waals surface area (Å²) in [6.45, 7) is 1.95. The highest BCUT2D eigenvalue weighted by Gasteiger charge is 2.25. The number of aryl methyl sites for hydroxylation is 1. The molecule has 0 saturated heterocycles. The van der Waals surface area contributed by atoms with Gasteiger partial charge >= 0.3 is 0 Å². The first-order valence-corrected chi connectivity index (χ1v) is 9.80. The van der Waals surface area contributed by atoms with Gasteiger partial charge in [-0.05, 0) is 29.5 Å². The molecule has 0 radical (unpaired) electrons. The average Bonchev–Trinajstić information content (AvgIpc) is 3.10. The summed E-state index contributed by atoms with van der Waals surface area (Å²) in [6, 6.07) is 32.5. The molecule has 2 heteroatoms. The molecular weight excluding hydrogens is 328 g/mol. The van der Waals surface area contributed by atoms with Gasteiger partial charge in [-0.3, -0.25) is 4.99 Å². The van der Waals surface area contributed by atoms with Crippen LogP contribution in [0.5, 0.6) is 0 Å². The Morgan fingerprint density at radius 1 is 0.667 bits per heavy atom.